The maximum absolute atomic E-state index is 6.61. The van der Waals surface area contributed by atoms with Crippen molar-refractivity contribution in [2.45, 2.75) is 0 Å². The van der Waals surface area contributed by atoms with Gasteiger partial charge in [-0.1, -0.05) is 164 Å². The number of hydrogen-bond donors (Lipinski definition) is 0. The van der Waals surface area contributed by atoms with Gasteiger partial charge < -0.3 is 4.42 Å². The van der Waals surface area contributed by atoms with Crippen molar-refractivity contribution in [2.75, 3.05) is 0 Å². The van der Waals surface area contributed by atoms with Gasteiger partial charge in [0.1, 0.15) is 11.2 Å². The van der Waals surface area contributed by atoms with Gasteiger partial charge >= 0.3 is 0 Å². The average Bonchev–Trinajstić information content (AvgIpc) is 3.65. The molecule has 2 heterocycles. The van der Waals surface area contributed by atoms with E-state index in [1.807, 2.05) is 36.4 Å². The van der Waals surface area contributed by atoms with E-state index in [0.717, 1.165) is 66.3 Å². The molecular weight excluding hydrogens is 671 g/mol. The molecule has 0 amide bonds. The second-order valence-electron chi connectivity index (χ2n) is 14.0. The van der Waals surface area contributed by atoms with Crippen molar-refractivity contribution in [3.63, 3.8) is 0 Å². The fourth-order valence-electron chi connectivity index (χ4n) is 8.10. The molecule has 0 saturated carbocycles. The Morgan fingerprint density at radius 3 is 1.64 bits per heavy atom. The summed E-state index contributed by atoms with van der Waals surface area (Å²) in [6, 6.07) is 65.7. The minimum Gasteiger partial charge on any atom is -0.456 e. The molecule has 0 unspecified atom stereocenters. The first kappa shape index (κ1) is 31.1. The van der Waals surface area contributed by atoms with Crippen LogP contribution in [0.5, 0.6) is 0 Å². The molecule has 0 aliphatic rings. The second kappa shape index (κ2) is 12.6. The highest BCUT2D eigenvalue weighted by Crippen LogP contribution is 2.42. The Kier molecular flexibility index (Phi) is 7.14. The zero-order valence-electron chi connectivity index (χ0n) is 29.6. The van der Waals surface area contributed by atoms with Crippen LogP contribution in [0.15, 0.2) is 192 Å². The van der Waals surface area contributed by atoms with Gasteiger partial charge in [0.15, 0.2) is 17.5 Å². The number of rotatable bonds is 5. The quantitative estimate of drug-likeness (QED) is 0.168. The first-order chi connectivity index (χ1) is 27.2. The Hall–Kier alpha value is -7.43. The largest absolute Gasteiger partial charge is 0.456 e. The predicted octanol–water partition coefficient (Wildman–Crippen LogP) is 13.6. The van der Waals surface area contributed by atoms with Crippen LogP contribution in [0.2, 0.25) is 0 Å². The number of fused-ring (bicyclic) bond motifs is 8. The van der Waals surface area contributed by atoms with Gasteiger partial charge in [0.25, 0.3) is 0 Å². The fourth-order valence-corrected chi connectivity index (χ4v) is 8.10. The van der Waals surface area contributed by atoms with Crippen LogP contribution >= 0.6 is 0 Å². The van der Waals surface area contributed by atoms with Crippen LogP contribution in [-0.4, -0.2) is 15.0 Å². The topological polar surface area (TPSA) is 51.8 Å². The summed E-state index contributed by atoms with van der Waals surface area (Å²) in [6.07, 6.45) is 0. The molecule has 256 valence electrons. The molecule has 4 nitrogen and oxygen atoms in total. The zero-order valence-corrected chi connectivity index (χ0v) is 29.6. The summed E-state index contributed by atoms with van der Waals surface area (Å²) in [5, 5.41) is 9.20. The lowest BCUT2D eigenvalue weighted by Crippen LogP contribution is -2.01. The minimum absolute atomic E-state index is 0.586. The molecule has 0 N–H and O–H groups in total. The first-order valence-corrected chi connectivity index (χ1v) is 18.5. The highest BCUT2D eigenvalue weighted by Gasteiger charge is 2.21. The highest BCUT2D eigenvalue weighted by atomic mass is 16.3. The third-order valence-electron chi connectivity index (χ3n) is 10.7. The molecule has 0 aliphatic carbocycles. The Balaban J connectivity index is 1.19. The lowest BCUT2D eigenvalue weighted by atomic mass is 9.92. The van der Waals surface area contributed by atoms with E-state index in [-0.39, 0.29) is 0 Å². The lowest BCUT2D eigenvalue weighted by Gasteiger charge is -2.14. The van der Waals surface area contributed by atoms with Crippen molar-refractivity contribution in [1.29, 1.82) is 0 Å². The second-order valence-corrected chi connectivity index (χ2v) is 14.0. The Labute approximate surface area is 317 Å². The first-order valence-electron chi connectivity index (χ1n) is 18.5. The standard InChI is InChI=1S/C51H31N3O/c1-3-13-32(14-4-1)39-18-9-10-19-40(39)38-30-44(48-42-21-11-12-22-45(42)55-46(48)31-38)51-53-49(36-16-5-2-6-17-36)52-50(54-51)37-28-25-34-24-27-35-26-23-33-15-7-8-20-41(33)47(35)43(34)29-37/h1-31H. The van der Waals surface area contributed by atoms with E-state index < -0.39 is 0 Å². The number of para-hydroxylation sites is 1. The minimum atomic E-state index is 0.586. The van der Waals surface area contributed by atoms with Gasteiger partial charge in [-0.15, -0.1) is 0 Å². The van der Waals surface area contributed by atoms with Crippen molar-refractivity contribution < 1.29 is 4.42 Å². The summed E-state index contributed by atoms with van der Waals surface area (Å²) in [4.78, 5) is 15.7. The van der Waals surface area contributed by atoms with Gasteiger partial charge in [0, 0.05) is 27.5 Å². The Bertz CT molecular complexity index is 3250. The van der Waals surface area contributed by atoms with E-state index in [4.69, 9.17) is 19.4 Å². The third-order valence-corrected chi connectivity index (χ3v) is 10.7. The smallest absolute Gasteiger partial charge is 0.164 e. The van der Waals surface area contributed by atoms with Crippen molar-refractivity contribution in [3.8, 4) is 56.4 Å². The van der Waals surface area contributed by atoms with Crippen LogP contribution in [0.3, 0.4) is 0 Å². The van der Waals surface area contributed by atoms with Crippen molar-refractivity contribution in [1.82, 2.24) is 15.0 Å². The van der Waals surface area contributed by atoms with Gasteiger partial charge in [0.2, 0.25) is 0 Å². The zero-order chi connectivity index (χ0) is 36.3. The molecule has 2 aromatic heterocycles. The van der Waals surface area contributed by atoms with Crippen LogP contribution in [0.4, 0.5) is 0 Å². The number of benzene rings is 9. The van der Waals surface area contributed by atoms with E-state index in [9.17, 15) is 0 Å². The molecule has 55 heavy (non-hydrogen) atoms. The van der Waals surface area contributed by atoms with Crippen LogP contribution in [0.1, 0.15) is 0 Å². The Morgan fingerprint density at radius 2 is 0.855 bits per heavy atom. The van der Waals surface area contributed by atoms with Crippen LogP contribution in [0.25, 0.3) is 111 Å². The summed E-state index contributed by atoms with van der Waals surface area (Å²) in [5.41, 5.74) is 8.74. The van der Waals surface area contributed by atoms with Gasteiger partial charge in [0.05, 0.1) is 0 Å². The number of hydrogen-bond acceptors (Lipinski definition) is 4. The Morgan fingerprint density at radius 1 is 0.291 bits per heavy atom. The van der Waals surface area contributed by atoms with Gasteiger partial charge in [-0.05, 0) is 78.8 Å². The van der Waals surface area contributed by atoms with Gasteiger partial charge in [-0.3, -0.25) is 0 Å². The van der Waals surface area contributed by atoms with Crippen molar-refractivity contribution >= 4 is 54.3 Å². The fraction of sp³-hybridized carbons (Fsp3) is 0. The normalized spacial score (nSPS) is 11.6. The SMILES string of the molecule is c1ccc(-c2nc(-c3ccc4ccc5ccc6ccccc6c5c4c3)nc(-c3cc(-c4ccccc4-c4ccccc4)cc4oc5ccccc5c34)n2)cc1. The molecule has 0 aliphatic heterocycles. The van der Waals surface area contributed by atoms with Crippen LogP contribution < -0.4 is 0 Å². The molecule has 0 radical (unpaired) electrons. The molecule has 4 heteroatoms. The van der Waals surface area contributed by atoms with Crippen LogP contribution in [-0.2, 0) is 0 Å². The van der Waals surface area contributed by atoms with Crippen molar-refractivity contribution in [2.24, 2.45) is 0 Å². The van der Waals surface area contributed by atoms with Gasteiger partial charge in [-0.2, -0.15) is 0 Å². The molecule has 0 atom stereocenters. The molecule has 9 aromatic carbocycles. The number of nitrogens with zero attached hydrogens (tertiary/aromatic N) is 3. The van der Waals surface area contributed by atoms with Gasteiger partial charge in [-0.25, -0.2) is 15.0 Å². The van der Waals surface area contributed by atoms with Crippen molar-refractivity contribution in [3.05, 3.63) is 188 Å². The molecule has 0 spiro atoms. The van der Waals surface area contributed by atoms with E-state index in [1.165, 1.54) is 26.9 Å². The molecule has 0 bridgehead atoms. The molecule has 11 rings (SSSR count). The molecule has 11 aromatic rings. The van der Waals surface area contributed by atoms with E-state index in [0.29, 0.717) is 17.5 Å². The summed E-state index contributed by atoms with van der Waals surface area (Å²) < 4.78 is 6.61. The summed E-state index contributed by atoms with van der Waals surface area (Å²) >= 11 is 0. The maximum atomic E-state index is 6.61. The number of furan rings is 1. The third kappa shape index (κ3) is 5.26. The number of aromatic nitrogens is 3. The predicted molar refractivity (Wildman–Crippen MR) is 227 cm³/mol. The summed E-state index contributed by atoms with van der Waals surface area (Å²) in [5.74, 6) is 1.81. The highest BCUT2D eigenvalue weighted by molar-refractivity contribution is 6.20. The van der Waals surface area contributed by atoms with Crippen LogP contribution in [0, 0.1) is 0 Å². The monoisotopic (exact) mass is 701 g/mol. The molecular formula is C51H31N3O. The van der Waals surface area contributed by atoms with E-state index in [2.05, 4.69) is 152 Å². The van der Waals surface area contributed by atoms with E-state index >= 15 is 0 Å². The summed E-state index contributed by atoms with van der Waals surface area (Å²) in [6.45, 7) is 0. The average molecular weight is 702 g/mol. The maximum Gasteiger partial charge on any atom is 0.164 e. The van der Waals surface area contributed by atoms with E-state index in [1.54, 1.807) is 0 Å². The molecule has 0 saturated heterocycles. The molecule has 0 fully saturated rings. The summed E-state index contributed by atoms with van der Waals surface area (Å²) in [7, 11) is 0. The lowest BCUT2D eigenvalue weighted by molar-refractivity contribution is 0.669.